The van der Waals surface area contributed by atoms with Gasteiger partial charge in [-0.25, -0.2) is 9.36 Å². The predicted octanol–water partition coefficient (Wildman–Crippen LogP) is 2.54. The zero-order valence-corrected chi connectivity index (χ0v) is 19.6. The minimum Gasteiger partial charge on any atom is -0.341 e. The second-order valence-electron chi connectivity index (χ2n) is 8.49. The topological polar surface area (TPSA) is 91.1 Å². The lowest BCUT2D eigenvalue weighted by molar-refractivity contribution is 0.495. The van der Waals surface area contributed by atoms with Crippen LogP contribution < -0.4 is 21.9 Å². The van der Waals surface area contributed by atoms with Crippen LogP contribution >= 0.6 is 11.8 Å². The van der Waals surface area contributed by atoms with Crippen LogP contribution in [0.1, 0.15) is 26.7 Å². The summed E-state index contributed by atoms with van der Waals surface area (Å²) in [4.78, 5) is 34.5. The Kier molecular flexibility index (Phi) is 6.57. The van der Waals surface area contributed by atoms with Crippen LogP contribution in [0.5, 0.6) is 0 Å². The summed E-state index contributed by atoms with van der Waals surface area (Å²) < 4.78 is 4.72. The first-order chi connectivity index (χ1) is 15.4. The minimum atomic E-state index is -0.361. The highest BCUT2D eigenvalue weighted by Crippen LogP contribution is 2.24. The number of imidazole rings is 1. The van der Waals surface area contributed by atoms with E-state index < -0.39 is 0 Å². The summed E-state index contributed by atoms with van der Waals surface area (Å²) >= 11 is 1.46. The third-order valence-electron chi connectivity index (χ3n) is 5.74. The summed E-state index contributed by atoms with van der Waals surface area (Å²) in [6.45, 7) is 6.08. The van der Waals surface area contributed by atoms with Gasteiger partial charge >= 0.3 is 5.69 Å². The van der Waals surface area contributed by atoms with Crippen molar-refractivity contribution >= 4 is 28.9 Å². The highest BCUT2D eigenvalue weighted by Gasteiger charge is 2.26. The number of benzene rings is 1. The standard InChI is InChI=1S/C23H30N6O2S/c1-16(2)11-13-28-19-20(25-22(28)27-12-7-8-17(24)14-27)26(3)23(31)29(21(19)30)15-32-18-9-5-4-6-10-18/h4-6,9-11,17H,7-8,12-15,24H2,1-3H3. The molecule has 1 aliphatic rings. The van der Waals surface area contributed by atoms with E-state index in [4.69, 9.17) is 10.7 Å². The molecule has 1 fully saturated rings. The number of hydrogen-bond acceptors (Lipinski definition) is 6. The lowest BCUT2D eigenvalue weighted by atomic mass is 10.1. The number of thioether (sulfide) groups is 1. The van der Waals surface area contributed by atoms with Crippen LogP contribution in [-0.2, 0) is 19.5 Å². The van der Waals surface area contributed by atoms with Crippen LogP contribution in [-0.4, -0.2) is 37.8 Å². The van der Waals surface area contributed by atoms with Gasteiger partial charge in [0.05, 0.1) is 5.88 Å². The maximum absolute atomic E-state index is 13.6. The number of anilines is 1. The summed E-state index contributed by atoms with van der Waals surface area (Å²) in [5.41, 5.74) is 7.56. The Hall–Kier alpha value is -2.78. The molecule has 0 bridgehead atoms. The van der Waals surface area contributed by atoms with Gasteiger partial charge in [0.25, 0.3) is 5.56 Å². The molecular weight excluding hydrogens is 424 g/mol. The van der Waals surface area contributed by atoms with E-state index in [0.717, 1.165) is 29.9 Å². The fourth-order valence-corrected chi connectivity index (χ4v) is 4.87. The quantitative estimate of drug-likeness (QED) is 0.455. The predicted molar refractivity (Wildman–Crippen MR) is 130 cm³/mol. The highest BCUT2D eigenvalue weighted by molar-refractivity contribution is 7.98. The molecule has 2 aromatic heterocycles. The van der Waals surface area contributed by atoms with E-state index in [1.165, 1.54) is 20.9 Å². The average molecular weight is 455 g/mol. The van der Waals surface area contributed by atoms with Crippen molar-refractivity contribution in [3.8, 4) is 0 Å². The monoisotopic (exact) mass is 454 g/mol. The largest absolute Gasteiger partial charge is 0.341 e. The van der Waals surface area contributed by atoms with Gasteiger partial charge in [-0.05, 0) is 38.8 Å². The average Bonchev–Trinajstić information content (AvgIpc) is 3.17. The number of nitrogens with zero attached hydrogens (tertiary/aromatic N) is 5. The van der Waals surface area contributed by atoms with Crippen LogP contribution in [0, 0.1) is 0 Å². The van der Waals surface area contributed by atoms with Gasteiger partial charge in [-0.2, -0.15) is 4.98 Å². The first-order valence-electron chi connectivity index (χ1n) is 10.9. The maximum Gasteiger partial charge on any atom is 0.333 e. The van der Waals surface area contributed by atoms with Crippen LogP contribution in [0.4, 0.5) is 5.95 Å². The Morgan fingerprint density at radius 2 is 1.97 bits per heavy atom. The van der Waals surface area contributed by atoms with E-state index in [0.29, 0.717) is 30.2 Å². The van der Waals surface area contributed by atoms with E-state index in [9.17, 15) is 9.59 Å². The molecule has 3 heterocycles. The molecule has 1 aromatic carbocycles. The van der Waals surface area contributed by atoms with Gasteiger partial charge in [-0.1, -0.05) is 29.8 Å². The number of aromatic nitrogens is 4. The van der Waals surface area contributed by atoms with Gasteiger partial charge in [0, 0.05) is 37.6 Å². The number of rotatable bonds is 6. The van der Waals surface area contributed by atoms with E-state index in [-0.39, 0.29) is 23.2 Å². The van der Waals surface area contributed by atoms with Crippen molar-refractivity contribution in [2.45, 2.75) is 50.0 Å². The summed E-state index contributed by atoms with van der Waals surface area (Å²) in [6, 6.07) is 9.83. The van der Waals surface area contributed by atoms with Gasteiger partial charge in [0.15, 0.2) is 11.2 Å². The molecule has 0 radical (unpaired) electrons. The Morgan fingerprint density at radius 1 is 1.22 bits per heavy atom. The smallest absolute Gasteiger partial charge is 0.333 e. The molecule has 1 atom stereocenters. The number of hydrogen-bond donors (Lipinski definition) is 1. The number of nitrogens with two attached hydrogens (primary N) is 1. The van der Waals surface area contributed by atoms with Gasteiger partial charge < -0.3 is 15.2 Å². The molecule has 1 saturated heterocycles. The summed E-state index contributed by atoms with van der Waals surface area (Å²) in [6.07, 6.45) is 4.03. The molecule has 2 N–H and O–H groups in total. The lowest BCUT2D eigenvalue weighted by Crippen LogP contribution is -2.44. The fourth-order valence-electron chi connectivity index (χ4n) is 4.01. The maximum atomic E-state index is 13.6. The molecular formula is C23H30N6O2S. The molecule has 3 aromatic rings. The third kappa shape index (κ3) is 4.40. The van der Waals surface area contributed by atoms with Crippen LogP contribution in [0.25, 0.3) is 11.2 Å². The zero-order valence-electron chi connectivity index (χ0n) is 18.8. The van der Waals surface area contributed by atoms with E-state index >= 15 is 0 Å². The first kappa shape index (κ1) is 22.4. The van der Waals surface area contributed by atoms with Gasteiger partial charge in [0.2, 0.25) is 5.95 Å². The minimum absolute atomic E-state index is 0.0724. The van der Waals surface area contributed by atoms with Crippen molar-refractivity contribution < 1.29 is 0 Å². The molecule has 0 amide bonds. The third-order valence-corrected chi connectivity index (χ3v) is 6.73. The molecule has 1 aliphatic heterocycles. The van der Waals surface area contributed by atoms with Crippen molar-refractivity contribution in [3.05, 3.63) is 62.8 Å². The number of fused-ring (bicyclic) bond motifs is 1. The molecule has 9 heteroatoms. The lowest BCUT2D eigenvalue weighted by Gasteiger charge is -2.31. The number of allylic oxidation sites excluding steroid dienone is 2. The second-order valence-corrected chi connectivity index (χ2v) is 9.50. The van der Waals surface area contributed by atoms with Gasteiger partial charge in [-0.3, -0.25) is 9.36 Å². The summed E-state index contributed by atoms with van der Waals surface area (Å²) in [7, 11) is 1.68. The molecule has 0 saturated carbocycles. The highest BCUT2D eigenvalue weighted by atomic mass is 32.2. The van der Waals surface area contributed by atoms with E-state index in [1.807, 2.05) is 48.7 Å². The van der Waals surface area contributed by atoms with E-state index in [1.54, 1.807) is 7.05 Å². The van der Waals surface area contributed by atoms with Gasteiger partial charge in [0.1, 0.15) is 0 Å². The first-order valence-corrected chi connectivity index (χ1v) is 11.9. The van der Waals surface area contributed by atoms with Crippen molar-refractivity contribution in [2.24, 2.45) is 12.8 Å². The van der Waals surface area contributed by atoms with Gasteiger partial charge in [-0.15, -0.1) is 11.8 Å². The summed E-state index contributed by atoms with van der Waals surface area (Å²) in [5, 5.41) is 0. The summed E-state index contributed by atoms with van der Waals surface area (Å²) in [5.74, 6) is 0.941. The Morgan fingerprint density at radius 3 is 2.66 bits per heavy atom. The normalized spacial score (nSPS) is 16.5. The Balaban J connectivity index is 1.85. The molecule has 32 heavy (non-hydrogen) atoms. The number of aryl methyl sites for hydroxylation is 1. The zero-order chi connectivity index (χ0) is 22.8. The van der Waals surface area contributed by atoms with Crippen molar-refractivity contribution in [3.63, 3.8) is 0 Å². The van der Waals surface area contributed by atoms with Crippen molar-refractivity contribution in [1.29, 1.82) is 0 Å². The SMILES string of the molecule is CC(C)=CCn1c(N2CCCC(N)C2)nc2c1c(=O)n(CSc1ccccc1)c(=O)n2C. The second kappa shape index (κ2) is 9.38. The van der Waals surface area contributed by atoms with Crippen LogP contribution in [0.3, 0.4) is 0 Å². The number of piperidine rings is 1. The van der Waals surface area contributed by atoms with Crippen molar-refractivity contribution in [2.75, 3.05) is 18.0 Å². The molecule has 0 spiro atoms. The van der Waals surface area contributed by atoms with Crippen LogP contribution in [0.15, 0.2) is 56.5 Å². The molecule has 8 nitrogen and oxygen atoms in total. The molecule has 4 rings (SSSR count). The Bertz CT molecular complexity index is 1250. The molecule has 0 aliphatic carbocycles. The van der Waals surface area contributed by atoms with Crippen LogP contribution in [0.2, 0.25) is 0 Å². The fraction of sp³-hybridized carbons (Fsp3) is 0.435. The van der Waals surface area contributed by atoms with E-state index in [2.05, 4.69) is 11.0 Å². The molecule has 170 valence electrons. The van der Waals surface area contributed by atoms with Crippen molar-refractivity contribution in [1.82, 2.24) is 18.7 Å². The Labute approximate surface area is 191 Å². The molecule has 1 unspecified atom stereocenters.